The Hall–Kier alpha value is -0.910. The van der Waals surface area contributed by atoms with Gasteiger partial charge in [0.25, 0.3) is 0 Å². The average molecular weight is 212 g/mol. The van der Waals surface area contributed by atoms with Gasteiger partial charge in [-0.1, -0.05) is 0 Å². The van der Waals surface area contributed by atoms with Crippen molar-refractivity contribution in [1.82, 2.24) is 0 Å². The maximum Gasteiger partial charge on any atom is 0.333 e. The molecule has 3 heterocycles. The average Bonchev–Trinajstić information content (AvgIpc) is 2.76. The molecule has 0 saturated carbocycles. The van der Waals surface area contributed by atoms with Crippen LogP contribution in [0.2, 0.25) is 0 Å². The third-order valence-electron chi connectivity index (χ3n) is 3.14. The second-order valence-electron chi connectivity index (χ2n) is 4.22. The smallest absolute Gasteiger partial charge is 0.333 e. The summed E-state index contributed by atoms with van der Waals surface area (Å²) < 4.78 is 16.2. The van der Waals surface area contributed by atoms with Crippen molar-refractivity contribution in [3.63, 3.8) is 0 Å². The molecule has 0 aromatic carbocycles. The first kappa shape index (κ1) is 9.33. The second-order valence-corrected chi connectivity index (χ2v) is 4.22. The number of fused-ring (bicyclic) bond motifs is 1. The zero-order valence-electron chi connectivity index (χ0n) is 8.25. The summed E-state index contributed by atoms with van der Waals surface area (Å²) in [5.74, 6) is -1.40. The van der Waals surface area contributed by atoms with E-state index in [1.807, 2.05) is 0 Å². The van der Waals surface area contributed by atoms with Gasteiger partial charge in [0.2, 0.25) is 5.79 Å². The lowest BCUT2D eigenvalue weighted by atomic mass is 10.1. The summed E-state index contributed by atoms with van der Waals surface area (Å²) in [6.45, 7) is 1.80. The van der Waals surface area contributed by atoms with Crippen LogP contribution >= 0.6 is 0 Å². The van der Waals surface area contributed by atoms with Crippen LogP contribution in [0.15, 0.2) is 12.2 Å². The van der Waals surface area contributed by atoms with E-state index in [0.717, 1.165) is 0 Å². The lowest BCUT2D eigenvalue weighted by molar-refractivity contribution is -0.201. The van der Waals surface area contributed by atoms with Gasteiger partial charge in [0.05, 0.1) is 12.2 Å². The van der Waals surface area contributed by atoms with E-state index in [4.69, 9.17) is 14.2 Å². The lowest BCUT2D eigenvalue weighted by Crippen LogP contribution is -2.35. The zero-order chi connectivity index (χ0) is 10.6. The second kappa shape index (κ2) is 2.81. The van der Waals surface area contributed by atoms with Gasteiger partial charge < -0.3 is 19.3 Å². The predicted octanol–water partition coefficient (Wildman–Crippen LogP) is -0.267. The molecule has 0 aromatic rings. The summed E-state index contributed by atoms with van der Waals surface area (Å²) in [5, 5.41) is 9.76. The number of hydrogen-bond donors (Lipinski definition) is 1. The molecule has 1 N–H and O–H groups in total. The van der Waals surface area contributed by atoms with E-state index < -0.39 is 24.0 Å². The molecule has 0 amide bonds. The molecule has 5 nitrogen and oxygen atoms in total. The van der Waals surface area contributed by atoms with Crippen molar-refractivity contribution >= 4 is 5.97 Å². The number of ether oxygens (including phenoxy) is 3. The van der Waals surface area contributed by atoms with E-state index >= 15 is 0 Å². The van der Waals surface area contributed by atoms with E-state index in [-0.39, 0.29) is 12.2 Å². The van der Waals surface area contributed by atoms with Crippen molar-refractivity contribution in [1.29, 1.82) is 0 Å². The molecule has 0 aliphatic carbocycles. The van der Waals surface area contributed by atoms with Crippen molar-refractivity contribution in [3.8, 4) is 0 Å². The quantitative estimate of drug-likeness (QED) is 0.560. The Kier molecular flexibility index (Phi) is 1.75. The van der Waals surface area contributed by atoms with Crippen LogP contribution in [0.3, 0.4) is 0 Å². The van der Waals surface area contributed by atoms with Crippen LogP contribution in [0.5, 0.6) is 0 Å². The van der Waals surface area contributed by atoms with Crippen molar-refractivity contribution < 1.29 is 24.1 Å². The number of hydrogen-bond acceptors (Lipinski definition) is 5. The Labute approximate surface area is 86.6 Å². The molecule has 1 spiro atoms. The predicted molar refractivity (Wildman–Crippen MR) is 47.8 cm³/mol. The van der Waals surface area contributed by atoms with Crippen LogP contribution in [-0.2, 0) is 19.0 Å². The third kappa shape index (κ3) is 1.24. The van der Waals surface area contributed by atoms with Crippen LogP contribution in [0.4, 0.5) is 0 Å². The van der Waals surface area contributed by atoms with Gasteiger partial charge in [-0.05, 0) is 13.0 Å². The molecule has 3 rings (SSSR count). The fourth-order valence-electron chi connectivity index (χ4n) is 2.40. The highest BCUT2D eigenvalue weighted by molar-refractivity contribution is 5.85. The molecular formula is C10H12O5. The Morgan fingerprint density at radius 3 is 3.00 bits per heavy atom. The summed E-state index contributed by atoms with van der Waals surface area (Å²) in [5.41, 5.74) is 0. The highest BCUT2D eigenvalue weighted by atomic mass is 16.7. The van der Waals surface area contributed by atoms with Crippen molar-refractivity contribution in [2.45, 2.75) is 43.5 Å². The molecule has 5 atom stereocenters. The van der Waals surface area contributed by atoms with Crippen molar-refractivity contribution in [3.05, 3.63) is 12.2 Å². The first-order chi connectivity index (χ1) is 7.10. The highest BCUT2D eigenvalue weighted by Crippen LogP contribution is 2.43. The minimum atomic E-state index is -0.993. The highest BCUT2D eigenvalue weighted by Gasteiger charge is 2.57. The Morgan fingerprint density at radius 2 is 2.40 bits per heavy atom. The van der Waals surface area contributed by atoms with Gasteiger partial charge >= 0.3 is 5.97 Å². The van der Waals surface area contributed by atoms with Crippen LogP contribution in [-0.4, -0.2) is 41.3 Å². The standard InChI is InChI=1S/C10H12O5/c1-5-8(12)9-6(13-5)4-10(15-9)3-2-7(11)14-10/h2-3,5-6,8-9,12H,4H2,1H3/t5-,6-,8+,9+,10-/m1/s1. The van der Waals surface area contributed by atoms with Crippen LogP contribution in [0, 0.1) is 0 Å². The first-order valence-electron chi connectivity index (χ1n) is 5.03. The summed E-state index contributed by atoms with van der Waals surface area (Å²) in [6.07, 6.45) is 1.94. The van der Waals surface area contributed by atoms with E-state index in [1.54, 1.807) is 13.0 Å². The van der Waals surface area contributed by atoms with Gasteiger partial charge in [0.1, 0.15) is 12.2 Å². The van der Waals surface area contributed by atoms with Crippen LogP contribution < -0.4 is 0 Å². The summed E-state index contributed by atoms with van der Waals surface area (Å²) in [6, 6.07) is 0. The molecule has 0 unspecified atom stereocenters. The molecule has 82 valence electrons. The molecule has 5 heteroatoms. The van der Waals surface area contributed by atoms with Gasteiger partial charge in [-0.3, -0.25) is 0 Å². The topological polar surface area (TPSA) is 65.0 Å². The fourth-order valence-corrected chi connectivity index (χ4v) is 2.40. The van der Waals surface area contributed by atoms with Gasteiger partial charge in [-0.25, -0.2) is 4.79 Å². The van der Waals surface area contributed by atoms with Gasteiger partial charge in [0.15, 0.2) is 0 Å². The molecule has 3 aliphatic rings. The van der Waals surface area contributed by atoms with Gasteiger partial charge in [-0.15, -0.1) is 0 Å². The fraction of sp³-hybridized carbons (Fsp3) is 0.700. The number of carbonyl (C=O) groups is 1. The number of aliphatic hydroxyl groups excluding tert-OH is 1. The Morgan fingerprint density at radius 1 is 1.60 bits per heavy atom. The minimum Gasteiger partial charge on any atom is -0.426 e. The van der Waals surface area contributed by atoms with Gasteiger partial charge in [0, 0.05) is 12.5 Å². The summed E-state index contributed by atoms with van der Waals surface area (Å²) in [7, 11) is 0. The maximum atomic E-state index is 11.0. The molecule has 2 fully saturated rings. The zero-order valence-corrected chi connectivity index (χ0v) is 8.25. The number of aliphatic hydroxyl groups is 1. The number of rotatable bonds is 0. The summed E-state index contributed by atoms with van der Waals surface area (Å²) >= 11 is 0. The van der Waals surface area contributed by atoms with Crippen molar-refractivity contribution in [2.24, 2.45) is 0 Å². The SMILES string of the molecule is C[C@H]1O[C@@H]2C[C@@]3(C=CC(=O)O3)O[C@@H]2[C@H]1O. The Balaban J connectivity index is 1.81. The molecular weight excluding hydrogens is 200 g/mol. The summed E-state index contributed by atoms with van der Waals surface area (Å²) in [4.78, 5) is 11.0. The molecule has 3 aliphatic heterocycles. The van der Waals surface area contributed by atoms with Crippen LogP contribution in [0.1, 0.15) is 13.3 Å². The Bertz CT molecular complexity index is 339. The van der Waals surface area contributed by atoms with Crippen LogP contribution in [0.25, 0.3) is 0 Å². The lowest BCUT2D eigenvalue weighted by Gasteiger charge is -2.23. The molecule has 0 bridgehead atoms. The first-order valence-corrected chi connectivity index (χ1v) is 5.03. The molecule has 2 saturated heterocycles. The van der Waals surface area contributed by atoms with E-state index in [2.05, 4.69) is 0 Å². The maximum absolute atomic E-state index is 11.0. The number of esters is 1. The van der Waals surface area contributed by atoms with E-state index in [0.29, 0.717) is 6.42 Å². The minimum absolute atomic E-state index is 0.189. The third-order valence-corrected chi connectivity index (χ3v) is 3.14. The van der Waals surface area contributed by atoms with Gasteiger partial charge in [-0.2, -0.15) is 0 Å². The van der Waals surface area contributed by atoms with E-state index in [9.17, 15) is 9.90 Å². The largest absolute Gasteiger partial charge is 0.426 e. The molecule has 0 aromatic heterocycles. The van der Waals surface area contributed by atoms with Crippen molar-refractivity contribution in [2.75, 3.05) is 0 Å². The van der Waals surface area contributed by atoms with E-state index in [1.165, 1.54) is 6.08 Å². The molecule has 0 radical (unpaired) electrons. The normalized spacial score (nSPS) is 52.5. The monoisotopic (exact) mass is 212 g/mol. The number of carbonyl (C=O) groups excluding carboxylic acids is 1. The molecule has 15 heavy (non-hydrogen) atoms.